The van der Waals surface area contributed by atoms with Crippen LogP contribution in [0.3, 0.4) is 0 Å². The van der Waals surface area contributed by atoms with E-state index < -0.39 is 17.3 Å². The zero-order chi connectivity index (χ0) is 19.8. The minimum absolute atomic E-state index is 0.0355. The Morgan fingerprint density at radius 2 is 1.93 bits per heavy atom. The Morgan fingerprint density at radius 1 is 1.22 bits per heavy atom. The SMILES string of the molecule is CCOc1ccccc1ON(C(=O)Nc1cc(OC)cc(OC)n1)S(=O)O. The van der Waals surface area contributed by atoms with E-state index in [2.05, 4.69) is 10.3 Å². The zero-order valence-electron chi connectivity index (χ0n) is 14.9. The Balaban J connectivity index is 2.22. The molecule has 10 nitrogen and oxygen atoms in total. The van der Waals surface area contributed by atoms with Gasteiger partial charge in [-0.05, 0) is 23.5 Å². The Kier molecular flexibility index (Phi) is 7.20. The highest BCUT2D eigenvalue weighted by atomic mass is 32.2. The number of urea groups is 1. The number of nitrogens with zero attached hydrogens (tertiary/aromatic N) is 2. The van der Waals surface area contributed by atoms with E-state index in [-0.39, 0.29) is 21.9 Å². The monoisotopic (exact) mass is 397 g/mol. The number of nitrogens with one attached hydrogen (secondary N) is 1. The quantitative estimate of drug-likeness (QED) is 0.515. The average Bonchev–Trinajstić information content (AvgIpc) is 2.66. The Morgan fingerprint density at radius 3 is 2.52 bits per heavy atom. The molecule has 146 valence electrons. The number of anilines is 1. The Bertz CT molecular complexity index is 796. The van der Waals surface area contributed by atoms with Crippen LogP contribution in [0.2, 0.25) is 0 Å². The number of rotatable bonds is 8. The predicted octanol–water partition coefficient (Wildman–Crippen LogP) is 2.46. The molecular weight excluding hydrogens is 378 g/mol. The molecule has 0 radical (unpaired) electrons. The van der Waals surface area contributed by atoms with Crippen molar-refractivity contribution >= 4 is 23.1 Å². The summed E-state index contributed by atoms with van der Waals surface area (Å²) in [4.78, 5) is 21.7. The molecule has 1 heterocycles. The van der Waals surface area contributed by atoms with Crippen molar-refractivity contribution in [1.29, 1.82) is 0 Å². The van der Waals surface area contributed by atoms with Gasteiger partial charge in [-0.25, -0.2) is 9.00 Å². The van der Waals surface area contributed by atoms with Gasteiger partial charge in [-0.2, -0.15) is 4.98 Å². The van der Waals surface area contributed by atoms with Crippen LogP contribution in [0.4, 0.5) is 10.6 Å². The molecule has 0 fully saturated rings. The molecule has 0 bridgehead atoms. The fourth-order valence-electron chi connectivity index (χ4n) is 1.96. The number of carbonyl (C=O) groups excluding carboxylic acids is 1. The molecule has 2 amide bonds. The number of hydroxylamine groups is 1. The van der Waals surface area contributed by atoms with E-state index in [0.29, 0.717) is 18.1 Å². The second-order valence-electron chi connectivity index (χ2n) is 4.82. The van der Waals surface area contributed by atoms with Crippen LogP contribution in [0.25, 0.3) is 0 Å². The molecule has 0 saturated carbocycles. The van der Waals surface area contributed by atoms with Crippen LogP contribution in [0.1, 0.15) is 6.92 Å². The largest absolute Gasteiger partial charge is 0.496 e. The number of aromatic nitrogens is 1. The first-order chi connectivity index (χ1) is 13.0. The highest BCUT2D eigenvalue weighted by Gasteiger charge is 2.24. The Labute approximate surface area is 158 Å². The summed E-state index contributed by atoms with van der Waals surface area (Å²) < 4.78 is 36.7. The van der Waals surface area contributed by atoms with Gasteiger partial charge in [-0.15, -0.1) is 0 Å². The third-order valence-electron chi connectivity index (χ3n) is 3.09. The summed E-state index contributed by atoms with van der Waals surface area (Å²) in [5.41, 5.74) is 0. The third-order valence-corrected chi connectivity index (χ3v) is 3.62. The van der Waals surface area contributed by atoms with Crippen LogP contribution in [0, 0.1) is 0 Å². The molecule has 27 heavy (non-hydrogen) atoms. The van der Waals surface area contributed by atoms with Crippen molar-refractivity contribution in [2.75, 3.05) is 26.1 Å². The maximum atomic E-state index is 12.4. The first-order valence-corrected chi connectivity index (χ1v) is 8.76. The summed E-state index contributed by atoms with van der Waals surface area (Å²) in [6, 6.07) is 8.30. The molecule has 1 atom stereocenters. The van der Waals surface area contributed by atoms with Crippen molar-refractivity contribution in [3.63, 3.8) is 0 Å². The highest BCUT2D eigenvalue weighted by molar-refractivity contribution is 7.77. The summed E-state index contributed by atoms with van der Waals surface area (Å²) in [5.74, 6) is 0.992. The maximum Gasteiger partial charge on any atom is 0.371 e. The maximum absolute atomic E-state index is 12.4. The van der Waals surface area contributed by atoms with Crippen molar-refractivity contribution in [1.82, 2.24) is 9.45 Å². The van der Waals surface area contributed by atoms with E-state index in [9.17, 15) is 13.6 Å². The number of carbonyl (C=O) groups is 1. The van der Waals surface area contributed by atoms with Gasteiger partial charge in [0.05, 0.1) is 20.8 Å². The first-order valence-electron chi connectivity index (χ1n) is 7.70. The highest BCUT2D eigenvalue weighted by Crippen LogP contribution is 2.28. The van der Waals surface area contributed by atoms with Crippen LogP contribution in [0.5, 0.6) is 23.1 Å². The molecule has 1 aromatic heterocycles. The molecule has 0 spiro atoms. The standard InChI is InChI=1S/C16H19N3O7S/c1-4-25-12-7-5-6-8-13(12)26-19(27(21)22)16(20)18-14-9-11(23-2)10-15(17-14)24-3/h5-10H,4H2,1-3H3,(H,21,22)(H,17,18,20). The summed E-state index contributed by atoms with van der Waals surface area (Å²) in [7, 11) is 2.83. The first kappa shape index (κ1) is 20.3. The van der Waals surface area contributed by atoms with Crippen LogP contribution in [0.15, 0.2) is 36.4 Å². The van der Waals surface area contributed by atoms with Crippen molar-refractivity contribution < 1.29 is 32.6 Å². The minimum atomic E-state index is -2.78. The molecule has 0 aliphatic carbocycles. The smallest absolute Gasteiger partial charge is 0.371 e. The van der Waals surface area contributed by atoms with Gasteiger partial charge in [0.15, 0.2) is 11.5 Å². The number of pyridine rings is 1. The molecule has 1 unspecified atom stereocenters. The molecule has 2 aromatic rings. The number of amides is 2. The van der Waals surface area contributed by atoms with Crippen molar-refractivity contribution in [2.45, 2.75) is 6.92 Å². The number of hydrogen-bond acceptors (Lipinski definition) is 7. The molecule has 0 aliphatic heterocycles. The lowest BCUT2D eigenvalue weighted by molar-refractivity contribution is 0.0707. The van der Waals surface area contributed by atoms with E-state index in [1.54, 1.807) is 25.1 Å². The van der Waals surface area contributed by atoms with E-state index in [0.717, 1.165) is 0 Å². The number of hydrogen-bond donors (Lipinski definition) is 2. The lowest BCUT2D eigenvalue weighted by atomic mass is 10.3. The number of ether oxygens (including phenoxy) is 3. The van der Waals surface area contributed by atoms with Gasteiger partial charge in [0, 0.05) is 12.1 Å². The van der Waals surface area contributed by atoms with E-state index in [1.165, 1.54) is 32.4 Å². The summed E-state index contributed by atoms with van der Waals surface area (Å²) in [6.07, 6.45) is 0. The lowest BCUT2D eigenvalue weighted by Gasteiger charge is -2.19. The zero-order valence-corrected chi connectivity index (χ0v) is 15.7. The van der Waals surface area contributed by atoms with E-state index >= 15 is 0 Å². The van der Waals surface area contributed by atoms with Gasteiger partial charge in [0.2, 0.25) is 5.88 Å². The normalized spacial score (nSPS) is 11.3. The molecule has 11 heteroatoms. The Hall–Kier alpha value is -3.05. The molecule has 0 saturated heterocycles. The van der Waals surface area contributed by atoms with Crippen molar-refractivity contribution in [3.05, 3.63) is 36.4 Å². The number of methoxy groups -OCH3 is 2. The van der Waals surface area contributed by atoms with E-state index in [1.807, 2.05) is 0 Å². The molecular formula is C16H19N3O7S. The fourth-order valence-corrected chi connectivity index (χ4v) is 2.29. The van der Waals surface area contributed by atoms with Gasteiger partial charge >= 0.3 is 17.3 Å². The number of para-hydroxylation sites is 2. The number of benzene rings is 1. The fraction of sp³-hybridized carbons (Fsp3) is 0.250. The van der Waals surface area contributed by atoms with Crippen LogP contribution in [-0.2, 0) is 11.3 Å². The van der Waals surface area contributed by atoms with Gasteiger partial charge in [0.1, 0.15) is 11.6 Å². The van der Waals surface area contributed by atoms with Gasteiger partial charge in [-0.1, -0.05) is 12.1 Å². The van der Waals surface area contributed by atoms with Gasteiger partial charge in [0.25, 0.3) is 0 Å². The topological polar surface area (TPSA) is 119 Å². The molecule has 2 rings (SSSR count). The van der Waals surface area contributed by atoms with Crippen LogP contribution in [-0.4, -0.2) is 45.1 Å². The van der Waals surface area contributed by atoms with Crippen LogP contribution >= 0.6 is 0 Å². The van der Waals surface area contributed by atoms with Crippen LogP contribution < -0.4 is 24.4 Å². The predicted molar refractivity (Wildman–Crippen MR) is 97.2 cm³/mol. The lowest BCUT2D eigenvalue weighted by Crippen LogP contribution is -2.39. The second-order valence-corrected chi connectivity index (χ2v) is 5.62. The van der Waals surface area contributed by atoms with Gasteiger partial charge < -0.3 is 19.0 Å². The molecule has 1 aromatic carbocycles. The van der Waals surface area contributed by atoms with Gasteiger partial charge in [-0.3, -0.25) is 9.87 Å². The molecule has 0 aliphatic rings. The average molecular weight is 397 g/mol. The molecule has 2 N–H and O–H groups in total. The third kappa shape index (κ3) is 5.46. The van der Waals surface area contributed by atoms with E-state index in [4.69, 9.17) is 19.0 Å². The van der Waals surface area contributed by atoms with Crippen molar-refractivity contribution in [2.24, 2.45) is 0 Å². The van der Waals surface area contributed by atoms with Crippen molar-refractivity contribution in [3.8, 4) is 23.1 Å². The summed E-state index contributed by atoms with van der Waals surface area (Å²) >= 11 is -2.78. The second kappa shape index (κ2) is 9.59. The summed E-state index contributed by atoms with van der Waals surface area (Å²) in [6.45, 7) is 2.12. The summed E-state index contributed by atoms with van der Waals surface area (Å²) in [5, 5.41) is 2.34. The minimum Gasteiger partial charge on any atom is -0.496 e.